The van der Waals surface area contributed by atoms with Crippen LogP contribution in [0.3, 0.4) is 0 Å². The summed E-state index contributed by atoms with van der Waals surface area (Å²) in [6.07, 6.45) is 1.00. The molecule has 1 aliphatic carbocycles. The lowest BCUT2D eigenvalue weighted by Crippen LogP contribution is -2.34. The van der Waals surface area contributed by atoms with Gasteiger partial charge in [0.25, 0.3) is 5.91 Å². The number of hydrogen-bond acceptors (Lipinski definition) is 4. The van der Waals surface area contributed by atoms with Crippen molar-refractivity contribution in [1.82, 2.24) is 9.79 Å². The zero-order chi connectivity index (χ0) is 20.6. The van der Waals surface area contributed by atoms with Crippen LogP contribution in [0.5, 0.6) is 0 Å². The Morgan fingerprint density at radius 3 is 2.32 bits per heavy atom. The lowest BCUT2D eigenvalue weighted by atomic mass is 10.1. The minimum atomic E-state index is -4.65. The first kappa shape index (κ1) is 20.6. The van der Waals surface area contributed by atoms with Gasteiger partial charge in [-0.3, -0.25) is 10.0 Å². The Morgan fingerprint density at radius 2 is 1.79 bits per heavy atom. The predicted octanol–water partition coefficient (Wildman–Crippen LogP) is 3.23. The number of halogens is 4. The molecule has 2 aromatic carbocycles. The van der Waals surface area contributed by atoms with Crippen molar-refractivity contribution in [2.24, 2.45) is 0 Å². The van der Waals surface area contributed by atoms with Crippen molar-refractivity contribution in [3.63, 3.8) is 0 Å². The predicted molar refractivity (Wildman–Crippen MR) is 92.8 cm³/mol. The minimum absolute atomic E-state index is 0.134. The molecule has 0 unspecified atom stereocenters. The number of nitrogens with one attached hydrogen (secondary N) is 1. The Labute approximate surface area is 163 Å². The fourth-order valence-corrected chi connectivity index (χ4v) is 4.68. The number of rotatable bonds is 6. The number of hydrogen-bond donors (Lipinski definition) is 2. The Bertz CT molecular complexity index is 1030. The zero-order valence-corrected chi connectivity index (χ0v) is 15.7. The highest BCUT2D eigenvalue weighted by molar-refractivity contribution is 7.89. The lowest BCUT2D eigenvalue weighted by molar-refractivity contribution is 0.0706. The summed E-state index contributed by atoms with van der Waals surface area (Å²) >= 11 is 5.42. The largest absolute Gasteiger partial charge is 0.288 e. The maximum atomic E-state index is 14.3. The second-order valence-electron chi connectivity index (χ2n) is 6.22. The van der Waals surface area contributed by atoms with E-state index in [1.165, 1.54) is 29.7 Å². The molecule has 11 heteroatoms. The Hall–Kier alpha value is -2.14. The van der Waals surface area contributed by atoms with Crippen LogP contribution in [0.1, 0.15) is 28.8 Å². The van der Waals surface area contributed by atoms with Gasteiger partial charge in [0.2, 0.25) is 10.0 Å². The van der Waals surface area contributed by atoms with Crippen LogP contribution in [0.2, 0.25) is 5.02 Å². The molecule has 1 aliphatic rings. The molecule has 1 saturated carbocycles. The lowest BCUT2D eigenvalue weighted by Gasteiger charge is -2.23. The maximum Gasteiger partial charge on any atom is 0.274 e. The van der Waals surface area contributed by atoms with Crippen molar-refractivity contribution in [1.29, 1.82) is 0 Å². The van der Waals surface area contributed by atoms with Gasteiger partial charge in [0.05, 0.1) is 0 Å². The summed E-state index contributed by atoms with van der Waals surface area (Å²) in [6.45, 7) is -0.220. The highest BCUT2D eigenvalue weighted by Gasteiger charge is 2.41. The Morgan fingerprint density at radius 1 is 1.18 bits per heavy atom. The first-order chi connectivity index (χ1) is 13.2. The molecule has 1 fully saturated rings. The van der Waals surface area contributed by atoms with E-state index in [1.54, 1.807) is 0 Å². The highest BCUT2D eigenvalue weighted by Crippen LogP contribution is 2.37. The number of carbonyl (C=O) groups is 1. The molecule has 1 amide bonds. The smallest absolute Gasteiger partial charge is 0.274 e. The third kappa shape index (κ3) is 3.86. The van der Waals surface area contributed by atoms with Crippen LogP contribution in [-0.2, 0) is 16.6 Å². The third-order valence-corrected chi connectivity index (χ3v) is 6.53. The first-order valence-corrected chi connectivity index (χ1v) is 9.86. The average Bonchev–Trinajstić information content (AvgIpc) is 3.48. The van der Waals surface area contributed by atoms with Gasteiger partial charge >= 0.3 is 0 Å². The van der Waals surface area contributed by atoms with Gasteiger partial charge in [-0.05, 0) is 30.5 Å². The van der Waals surface area contributed by atoms with Crippen LogP contribution in [-0.4, -0.2) is 29.9 Å². The standard InChI is InChI=1S/C17H14ClF3N2O4S/c18-14-12(19)7-13(20)16(15(14)21)28(26,27)23(11-5-6-11)8-9-1-3-10(4-2-9)17(24)22-25/h1-4,7,11,25H,5-6,8H2,(H,22,24). The second-order valence-corrected chi connectivity index (χ2v) is 8.42. The first-order valence-electron chi connectivity index (χ1n) is 8.05. The van der Waals surface area contributed by atoms with E-state index in [-0.39, 0.29) is 18.2 Å². The molecule has 6 nitrogen and oxygen atoms in total. The Balaban J connectivity index is 1.97. The molecule has 0 aliphatic heterocycles. The quantitative estimate of drug-likeness (QED) is 0.316. The number of sulfonamides is 1. The van der Waals surface area contributed by atoms with E-state index in [9.17, 15) is 26.4 Å². The third-order valence-electron chi connectivity index (χ3n) is 4.25. The summed E-state index contributed by atoms with van der Waals surface area (Å²) in [4.78, 5) is 10.0. The topological polar surface area (TPSA) is 86.7 Å². The van der Waals surface area contributed by atoms with Crippen LogP contribution in [0.25, 0.3) is 0 Å². The van der Waals surface area contributed by atoms with Crippen LogP contribution < -0.4 is 5.48 Å². The molecule has 0 heterocycles. The fourth-order valence-electron chi connectivity index (χ4n) is 2.68. The van der Waals surface area contributed by atoms with E-state index < -0.39 is 49.3 Å². The molecule has 0 aromatic heterocycles. The molecule has 2 aromatic rings. The second kappa shape index (κ2) is 7.70. The van der Waals surface area contributed by atoms with Gasteiger partial charge in [0.1, 0.15) is 16.7 Å². The van der Waals surface area contributed by atoms with E-state index in [4.69, 9.17) is 16.8 Å². The van der Waals surface area contributed by atoms with Crippen LogP contribution in [0, 0.1) is 17.5 Å². The monoisotopic (exact) mass is 434 g/mol. The van der Waals surface area contributed by atoms with Crippen LogP contribution in [0.15, 0.2) is 35.2 Å². The van der Waals surface area contributed by atoms with Gasteiger partial charge < -0.3 is 0 Å². The number of hydroxylamine groups is 1. The number of carbonyl (C=O) groups excluding carboxylic acids is 1. The highest BCUT2D eigenvalue weighted by atomic mass is 35.5. The number of nitrogens with zero attached hydrogens (tertiary/aromatic N) is 1. The average molecular weight is 435 g/mol. The molecular weight excluding hydrogens is 421 g/mol. The van der Waals surface area contributed by atoms with Gasteiger partial charge in [0.15, 0.2) is 10.7 Å². The van der Waals surface area contributed by atoms with E-state index in [0.717, 1.165) is 4.31 Å². The molecule has 150 valence electrons. The van der Waals surface area contributed by atoms with Gasteiger partial charge in [-0.25, -0.2) is 27.1 Å². The summed E-state index contributed by atoms with van der Waals surface area (Å²) in [5.74, 6) is -5.39. The summed E-state index contributed by atoms with van der Waals surface area (Å²) in [5, 5.41) is 7.51. The number of amides is 1. The molecule has 28 heavy (non-hydrogen) atoms. The van der Waals surface area contributed by atoms with Crippen molar-refractivity contribution in [2.45, 2.75) is 30.3 Å². The summed E-state index contributed by atoms with van der Waals surface area (Å²) in [6, 6.07) is 5.36. The van der Waals surface area contributed by atoms with Crippen molar-refractivity contribution >= 4 is 27.5 Å². The molecule has 0 spiro atoms. The summed E-state index contributed by atoms with van der Waals surface area (Å²) < 4.78 is 68.6. The Kier molecular flexibility index (Phi) is 5.67. The zero-order valence-electron chi connectivity index (χ0n) is 14.1. The number of benzene rings is 2. The van der Waals surface area contributed by atoms with Crippen molar-refractivity contribution in [2.75, 3.05) is 0 Å². The van der Waals surface area contributed by atoms with Crippen molar-refractivity contribution in [3.05, 3.63) is 63.9 Å². The van der Waals surface area contributed by atoms with Crippen molar-refractivity contribution < 1.29 is 31.6 Å². The molecule has 0 bridgehead atoms. The van der Waals surface area contributed by atoms with E-state index in [0.29, 0.717) is 18.4 Å². The minimum Gasteiger partial charge on any atom is -0.288 e. The molecule has 2 N–H and O–H groups in total. The molecule has 3 rings (SSSR count). The summed E-state index contributed by atoms with van der Waals surface area (Å²) in [5.41, 5.74) is 2.04. The fraction of sp³-hybridized carbons (Fsp3) is 0.235. The SMILES string of the molecule is O=C(NO)c1ccc(CN(C2CC2)S(=O)(=O)c2c(F)cc(F)c(Cl)c2F)cc1. The van der Waals surface area contributed by atoms with E-state index in [2.05, 4.69) is 0 Å². The molecule has 0 atom stereocenters. The van der Waals surface area contributed by atoms with Gasteiger partial charge in [-0.2, -0.15) is 4.31 Å². The molecular formula is C17H14ClF3N2O4S. The van der Waals surface area contributed by atoms with Gasteiger partial charge in [0, 0.05) is 24.2 Å². The van der Waals surface area contributed by atoms with Gasteiger partial charge in [-0.15, -0.1) is 0 Å². The normalized spacial score (nSPS) is 14.4. The summed E-state index contributed by atoms with van der Waals surface area (Å²) in [7, 11) is -4.65. The van der Waals surface area contributed by atoms with E-state index >= 15 is 0 Å². The van der Waals surface area contributed by atoms with E-state index in [1.807, 2.05) is 0 Å². The molecule has 0 saturated heterocycles. The van der Waals surface area contributed by atoms with Crippen LogP contribution >= 0.6 is 11.6 Å². The molecule has 0 radical (unpaired) electrons. The van der Waals surface area contributed by atoms with Crippen molar-refractivity contribution in [3.8, 4) is 0 Å². The van der Waals surface area contributed by atoms with Gasteiger partial charge in [-0.1, -0.05) is 23.7 Å². The maximum absolute atomic E-state index is 14.3. The van der Waals surface area contributed by atoms with Crippen LogP contribution in [0.4, 0.5) is 13.2 Å².